The first-order valence-corrected chi connectivity index (χ1v) is 8.75. The molecule has 0 amide bonds. The van der Waals surface area contributed by atoms with E-state index in [4.69, 9.17) is 0 Å². The lowest BCUT2D eigenvalue weighted by Crippen LogP contribution is -2.39. The molecule has 25 heavy (non-hydrogen) atoms. The van der Waals surface area contributed by atoms with Crippen molar-refractivity contribution in [3.8, 4) is 0 Å². The van der Waals surface area contributed by atoms with Crippen molar-refractivity contribution in [3.63, 3.8) is 0 Å². The molecule has 0 radical (unpaired) electrons. The molecule has 3 rings (SSSR count). The number of aromatic nitrogens is 2. The Kier molecular flexibility index (Phi) is 5.08. The molecule has 0 aliphatic carbocycles. The summed E-state index contributed by atoms with van der Waals surface area (Å²) in [6, 6.07) is 8.81. The second-order valence-corrected chi connectivity index (χ2v) is 7.05. The Balaban J connectivity index is 1.61. The van der Waals surface area contributed by atoms with Crippen LogP contribution in [-0.2, 0) is 6.54 Å². The monoisotopic (exact) mass is 342 g/mol. The highest BCUT2D eigenvalue weighted by molar-refractivity contribution is 5.45. The molecule has 1 fully saturated rings. The Bertz CT molecular complexity index is 828. The van der Waals surface area contributed by atoms with Gasteiger partial charge in [0.2, 0.25) is 0 Å². The second kappa shape index (κ2) is 7.27. The highest BCUT2D eigenvalue weighted by Crippen LogP contribution is 2.22. The summed E-state index contributed by atoms with van der Waals surface area (Å²) in [6.45, 7) is 4.57. The number of H-pyrrole nitrogens is 1. The van der Waals surface area contributed by atoms with Crippen LogP contribution in [0.5, 0.6) is 0 Å². The van der Waals surface area contributed by atoms with E-state index in [2.05, 4.69) is 39.0 Å². The normalized spacial score (nSPS) is 16.1. The molecule has 0 spiro atoms. The smallest absolute Gasteiger partial charge is 0.328 e. The maximum Gasteiger partial charge on any atom is 0.328 e. The molecule has 0 unspecified atom stereocenters. The van der Waals surface area contributed by atoms with Gasteiger partial charge in [0, 0.05) is 57.2 Å². The second-order valence-electron chi connectivity index (χ2n) is 7.05. The Morgan fingerprint density at radius 1 is 1.12 bits per heavy atom. The zero-order valence-electron chi connectivity index (χ0n) is 15.2. The van der Waals surface area contributed by atoms with Gasteiger partial charge in [-0.25, -0.2) is 4.79 Å². The summed E-state index contributed by atoms with van der Waals surface area (Å²) in [6.07, 6.45) is 3.53. The van der Waals surface area contributed by atoms with E-state index in [9.17, 15) is 9.59 Å². The molecule has 6 nitrogen and oxygen atoms in total. The van der Waals surface area contributed by atoms with Crippen LogP contribution >= 0.6 is 0 Å². The number of nitrogens with zero attached hydrogens (tertiary/aromatic N) is 3. The van der Waals surface area contributed by atoms with Gasteiger partial charge < -0.3 is 4.90 Å². The van der Waals surface area contributed by atoms with E-state index in [1.165, 1.54) is 11.3 Å². The molecule has 0 atom stereocenters. The number of aryl methyl sites for hydroxylation is 1. The van der Waals surface area contributed by atoms with Crippen LogP contribution in [0.25, 0.3) is 0 Å². The highest BCUT2D eigenvalue weighted by atomic mass is 16.2. The third-order valence-corrected chi connectivity index (χ3v) is 4.96. The minimum atomic E-state index is -0.298. The lowest BCUT2D eigenvalue weighted by atomic mass is 10.0. The number of nitrogens with one attached hydrogen (secondary N) is 1. The molecule has 0 bridgehead atoms. The van der Waals surface area contributed by atoms with Gasteiger partial charge in [-0.05, 0) is 37.5 Å². The standard InChI is InChI=1S/C19H26N4O2/c1-14-12-23(19(25)20-18(14)24)17-8-10-22(11-9-17)13-15-4-6-16(7-5-15)21(2)3/h4-7,12,17H,8-11,13H2,1-3H3,(H,20,24,25). The lowest BCUT2D eigenvalue weighted by Gasteiger charge is -2.32. The summed E-state index contributed by atoms with van der Waals surface area (Å²) >= 11 is 0. The average molecular weight is 342 g/mol. The van der Waals surface area contributed by atoms with E-state index in [1.54, 1.807) is 17.7 Å². The third kappa shape index (κ3) is 4.02. The number of hydrogen-bond acceptors (Lipinski definition) is 4. The van der Waals surface area contributed by atoms with Crippen molar-refractivity contribution in [2.45, 2.75) is 32.4 Å². The van der Waals surface area contributed by atoms with Crippen LogP contribution in [0.1, 0.15) is 30.0 Å². The van der Waals surface area contributed by atoms with E-state index >= 15 is 0 Å². The van der Waals surface area contributed by atoms with Gasteiger partial charge in [-0.2, -0.15) is 0 Å². The molecule has 6 heteroatoms. The summed E-state index contributed by atoms with van der Waals surface area (Å²) in [7, 11) is 4.08. The highest BCUT2D eigenvalue weighted by Gasteiger charge is 2.21. The van der Waals surface area contributed by atoms with Crippen molar-refractivity contribution in [2.24, 2.45) is 0 Å². The van der Waals surface area contributed by atoms with Crippen LogP contribution in [0.4, 0.5) is 5.69 Å². The Labute approximate surface area is 147 Å². The molecule has 2 heterocycles. The van der Waals surface area contributed by atoms with Crippen LogP contribution in [-0.4, -0.2) is 41.6 Å². The number of likely N-dealkylation sites (tertiary alicyclic amines) is 1. The van der Waals surface area contributed by atoms with Gasteiger partial charge in [-0.15, -0.1) is 0 Å². The van der Waals surface area contributed by atoms with Crippen LogP contribution in [0.15, 0.2) is 40.1 Å². The summed E-state index contributed by atoms with van der Waals surface area (Å²) in [5, 5.41) is 0. The minimum absolute atomic E-state index is 0.162. The van der Waals surface area contributed by atoms with Crippen molar-refractivity contribution in [1.82, 2.24) is 14.5 Å². The molecule has 0 saturated carbocycles. The van der Waals surface area contributed by atoms with E-state index < -0.39 is 0 Å². The van der Waals surface area contributed by atoms with Crippen molar-refractivity contribution in [3.05, 3.63) is 62.4 Å². The summed E-state index contributed by atoms with van der Waals surface area (Å²) in [5.41, 5.74) is 2.51. The molecule has 2 aromatic rings. The Morgan fingerprint density at radius 2 is 1.76 bits per heavy atom. The number of rotatable bonds is 4. The zero-order valence-corrected chi connectivity index (χ0v) is 15.2. The molecular weight excluding hydrogens is 316 g/mol. The number of piperidine rings is 1. The minimum Gasteiger partial charge on any atom is -0.378 e. The van der Waals surface area contributed by atoms with E-state index in [1.807, 2.05) is 14.1 Å². The van der Waals surface area contributed by atoms with Crippen LogP contribution in [0.2, 0.25) is 0 Å². The predicted molar refractivity (Wildman–Crippen MR) is 100 cm³/mol. The van der Waals surface area contributed by atoms with Gasteiger partial charge in [-0.3, -0.25) is 19.2 Å². The zero-order chi connectivity index (χ0) is 18.0. The van der Waals surface area contributed by atoms with Crippen molar-refractivity contribution in [2.75, 3.05) is 32.1 Å². The number of anilines is 1. The maximum absolute atomic E-state index is 12.0. The summed E-state index contributed by atoms with van der Waals surface area (Å²) in [4.78, 5) is 30.5. The number of hydrogen-bond donors (Lipinski definition) is 1. The molecule has 1 saturated heterocycles. The van der Waals surface area contributed by atoms with Crippen LogP contribution in [0, 0.1) is 6.92 Å². The molecule has 1 aromatic heterocycles. The Hall–Kier alpha value is -2.34. The maximum atomic E-state index is 12.0. The molecule has 134 valence electrons. The van der Waals surface area contributed by atoms with Gasteiger partial charge >= 0.3 is 5.69 Å². The first-order valence-electron chi connectivity index (χ1n) is 8.75. The first-order chi connectivity index (χ1) is 11.9. The molecule has 1 aliphatic rings. The fourth-order valence-corrected chi connectivity index (χ4v) is 3.37. The summed E-state index contributed by atoms with van der Waals surface area (Å²) < 4.78 is 1.69. The fraction of sp³-hybridized carbons (Fsp3) is 0.474. The van der Waals surface area contributed by atoms with E-state index in [-0.39, 0.29) is 17.3 Å². The first kappa shape index (κ1) is 17.5. The van der Waals surface area contributed by atoms with Crippen molar-refractivity contribution < 1.29 is 0 Å². The molecule has 1 aliphatic heterocycles. The van der Waals surface area contributed by atoms with Gasteiger partial charge in [0.1, 0.15) is 0 Å². The largest absolute Gasteiger partial charge is 0.378 e. The summed E-state index contributed by atoms with van der Waals surface area (Å²) in [5.74, 6) is 0. The Morgan fingerprint density at radius 3 is 2.36 bits per heavy atom. The number of benzene rings is 1. The predicted octanol–water partition coefficient (Wildman–Crippen LogP) is 1.75. The van der Waals surface area contributed by atoms with Crippen LogP contribution in [0.3, 0.4) is 0 Å². The number of aromatic amines is 1. The van der Waals surface area contributed by atoms with E-state index in [0.29, 0.717) is 5.56 Å². The fourth-order valence-electron chi connectivity index (χ4n) is 3.37. The van der Waals surface area contributed by atoms with Crippen LogP contribution < -0.4 is 16.1 Å². The molecular formula is C19H26N4O2. The van der Waals surface area contributed by atoms with Gasteiger partial charge in [-0.1, -0.05) is 12.1 Å². The van der Waals surface area contributed by atoms with Gasteiger partial charge in [0.05, 0.1) is 0 Å². The van der Waals surface area contributed by atoms with Gasteiger partial charge in [0.25, 0.3) is 5.56 Å². The topological polar surface area (TPSA) is 61.3 Å². The van der Waals surface area contributed by atoms with Crippen molar-refractivity contribution in [1.29, 1.82) is 0 Å². The molecule has 1 aromatic carbocycles. The van der Waals surface area contributed by atoms with E-state index in [0.717, 1.165) is 32.5 Å². The third-order valence-electron chi connectivity index (χ3n) is 4.96. The SMILES string of the molecule is Cc1cn(C2CCN(Cc3ccc(N(C)C)cc3)CC2)c(=O)[nH]c1=O. The lowest BCUT2D eigenvalue weighted by molar-refractivity contribution is 0.177. The quantitative estimate of drug-likeness (QED) is 0.920. The molecule has 1 N–H and O–H groups in total. The average Bonchev–Trinajstić information content (AvgIpc) is 2.59. The van der Waals surface area contributed by atoms with Crippen molar-refractivity contribution >= 4 is 5.69 Å². The van der Waals surface area contributed by atoms with Gasteiger partial charge in [0.15, 0.2) is 0 Å².